The summed E-state index contributed by atoms with van der Waals surface area (Å²) in [5, 5.41) is -0.385. The third-order valence-electron chi connectivity index (χ3n) is 3.67. The van der Waals surface area contributed by atoms with Crippen molar-refractivity contribution in [2.24, 2.45) is 0 Å². The lowest BCUT2D eigenvalue weighted by atomic mass is 9.93. The molecule has 1 heterocycles. The fourth-order valence-electron chi connectivity index (χ4n) is 2.06. The molecule has 158 valence electrons. The Bertz CT molecular complexity index is 828. The molecule has 0 atom stereocenters. The molecule has 1 aromatic heterocycles. The van der Waals surface area contributed by atoms with E-state index in [4.69, 9.17) is 0 Å². The smallest absolute Gasteiger partial charge is 0.454 e. The van der Waals surface area contributed by atoms with Gasteiger partial charge < -0.3 is 4.42 Å². The van der Waals surface area contributed by atoms with Gasteiger partial charge in [0.15, 0.2) is 5.76 Å². The lowest BCUT2D eigenvalue weighted by molar-refractivity contribution is -0.442. The molecule has 0 aliphatic heterocycles. The van der Waals surface area contributed by atoms with Crippen LogP contribution < -0.4 is 0 Å². The van der Waals surface area contributed by atoms with Gasteiger partial charge in [-0.15, -0.1) is 0 Å². The van der Waals surface area contributed by atoms with Crippen LogP contribution in [-0.2, 0) is 5.92 Å². The fourth-order valence-corrected chi connectivity index (χ4v) is 2.06. The summed E-state index contributed by atoms with van der Waals surface area (Å²) in [4.78, 5) is 0. The molecule has 28 heavy (non-hydrogen) atoms. The normalized spacial score (nSPS) is 15.3. The van der Waals surface area contributed by atoms with Crippen molar-refractivity contribution in [2.75, 3.05) is 0 Å². The lowest BCUT2D eigenvalue weighted by Crippen LogP contribution is -2.69. The largest absolute Gasteiger partial charge is 0.460 e. The molecule has 0 N–H and O–H groups in total. The number of rotatable bonds is 5. The van der Waals surface area contributed by atoms with Gasteiger partial charge in [0.25, 0.3) is 0 Å². The van der Waals surface area contributed by atoms with Gasteiger partial charge in [-0.25, -0.2) is 0 Å². The van der Waals surface area contributed by atoms with E-state index in [0.29, 0.717) is 0 Å². The van der Waals surface area contributed by atoms with Crippen LogP contribution >= 0.6 is 0 Å². The maximum absolute atomic E-state index is 13.9. The Balaban J connectivity index is 2.61. The van der Waals surface area contributed by atoms with Crippen molar-refractivity contribution in [3.8, 4) is 0 Å². The lowest BCUT2D eigenvalue weighted by Gasteiger charge is -2.39. The topological polar surface area (TPSA) is 13.1 Å². The van der Waals surface area contributed by atoms with Crippen molar-refractivity contribution in [1.82, 2.24) is 0 Å². The first-order valence-electron chi connectivity index (χ1n) is 6.77. The molecule has 0 saturated carbocycles. The highest BCUT2D eigenvalue weighted by Gasteiger charge is 2.91. The number of para-hydroxylation sites is 1. The number of benzene rings is 1. The summed E-state index contributed by atoms with van der Waals surface area (Å²) in [6, 6.07) is 4.15. The van der Waals surface area contributed by atoms with Gasteiger partial charge in [0, 0.05) is 5.39 Å². The van der Waals surface area contributed by atoms with Crippen LogP contribution in [0.2, 0.25) is 0 Å². The molecule has 0 radical (unpaired) electrons. The van der Waals surface area contributed by atoms with Gasteiger partial charge in [-0.3, -0.25) is 0 Å². The Morgan fingerprint density at radius 2 is 1.04 bits per heavy atom. The van der Waals surface area contributed by atoms with E-state index in [1.54, 1.807) is 0 Å². The molecule has 0 bridgehead atoms. The maximum Gasteiger partial charge on any atom is 0.460 e. The van der Waals surface area contributed by atoms with E-state index in [2.05, 4.69) is 4.42 Å². The fraction of sp³-hybridized carbons (Fsp3) is 0.429. The highest BCUT2D eigenvalue weighted by Crippen LogP contribution is 2.62. The first-order chi connectivity index (χ1) is 12.3. The first kappa shape index (κ1) is 22.1. The first-order valence-corrected chi connectivity index (χ1v) is 6.77. The van der Waals surface area contributed by atoms with Gasteiger partial charge in [-0.2, -0.15) is 57.1 Å². The summed E-state index contributed by atoms with van der Waals surface area (Å²) in [6.07, 6.45) is -7.44. The van der Waals surface area contributed by atoms with Crippen molar-refractivity contribution in [2.45, 2.75) is 35.8 Å². The van der Waals surface area contributed by atoms with Gasteiger partial charge in [0.2, 0.25) is 0 Å². The Morgan fingerprint density at radius 3 is 1.50 bits per heavy atom. The quantitative estimate of drug-likeness (QED) is 0.480. The molecule has 1 aromatic carbocycles. The summed E-state index contributed by atoms with van der Waals surface area (Å²) >= 11 is 0. The predicted molar refractivity (Wildman–Crippen MR) is 66.0 cm³/mol. The number of alkyl halides is 13. The van der Waals surface area contributed by atoms with Crippen molar-refractivity contribution < 1.29 is 61.5 Å². The summed E-state index contributed by atoms with van der Waals surface area (Å²) in [7, 11) is 0. The Hall–Kier alpha value is -2.15. The van der Waals surface area contributed by atoms with Gasteiger partial charge in [-0.1, -0.05) is 18.2 Å². The van der Waals surface area contributed by atoms with Crippen molar-refractivity contribution in [3.05, 3.63) is 36.1 Å². The highest BCUT2D eigenvalue weighted by atomic mass is 19.4. The second kappa shape index (κ2) is 5.92. The molecular formula is C14H5F13O. The van der Waals surface area contributed by atoms with Crippen LogP contribution in [0.3, 0.4) is 0 Å². The minimum atomic E-state index is -7.93. The zero-order valence-corrected chi connectivity index (χ0v) is 12.7. The molecule has 0 unspecified atom stereocenters. The second-order valence-electron chi connectivity index (χ2n) is 5.52. The summed E-state index contributed by atoms with van der Waals surface area (Å²) in [5.41, 5.74) is -0.594. The third-order valence-corrected chi connectivity index (χ3v) is 3.67. The Kier molecular flexibility index (Phi) is 4.68. The van der Waals surface area contributed by atoms with Crippen LogP contribution in [0.25, 0.3) is 11.0 Å². The standard InChI is InChI=1S/C14H5F13O/c15-9(16,8-5-6-3-1-2-4-7(6)28-8)10(17,18)11(19,20)12(21,22)13(23,24)14(25,26)27/h1-5H. The number of furan rings is 1. The zero-order valence-electron chi connectivity index (χ0n) is 12.7. The number of hydrogen-bond donors (Lipinski definition) is 0. The van der Waals surface area contributed by atoms with Crippen molar-refractivity contribution in [3.63, 3.8) is 0 Å². The SMILES string of the molecule is FC(F)(F)C(F)(F)C(F)(F)C(F)(F)C(F)(F)C(F)(F)c1cc2ccccc2o1. The summed E-state index contributed by atoms with van der Waals surface area (Å²) < 4.78 is 174. The zero-order chi connectivity index (χ0) is 22.0. The molecule has 0 fully saturated rings. The summed E-state index contributed by atoms with van der Waals surface area (Å²) in [5.74, 6) is -39.7. The van der Waals surface area contributed by atoms with Gasteiger partial charge in [-0.05, 0) is 12.1 Å². The number of hydrogen-bond acceptors (Lipinski definition) is 1. The summed E-state index contributed by atoms with van der Waals surface area (Å²) in [6.45, 7) is 0. The maximum atomic E-state index is 13.9. The predicted octanol–water partition coefficient (Wildman–Crippen LogP) is 6.63. The highest BCUT2D eigenvalue weighted by molar-refractivity contribution is 5.77. The van der Waals surface area contributed by atoms with Crippen molar-refractivity contribution in [1.29, 1.82) is 0 Å². The molecule has 2 rings (SSSR count). The van der Waals surface area contributed by atoms with Crippen LogP contribution in [-0.4, -0.2) is 29.9 Å². The van der Waals surface area contributed by atoms with E-state index in [1.165, 1.54) is 0 Å². The number of halogens is 13. The third kappa shape index (κ3) is 2.70. The average molecular weight is 436 g/mol. The van der Waals surface area contributed by atoms with Gasteiger partial charge in [0.05, 0.1) is 0 Å². The van der Waals surface area contributed by atoms with E-state index >= 15 is 0 Å². The minimum absolute atomic E-state index is 0.0272. The molecule has 0 spiro atoms. The van der Waals surface area contributed by atoms with Crippen LogP contribution in [0.4, 0.5) is 57.1 Å². The van der Waals surface area contributed by atoms with Crippen LogP contribution in [0.5, 0.6) is 0 Å². The Morgan fingerprint density at radius 1 is 0.571 bits per heavy atom. The van der Waals surface area contributed by atoms with Crippen LogP contribution in [0.15, 0.2) is 34.7 Å². The molecule has 0 aliphatic carbocycles. The molecule has 0 aliphatic rings. The second-order valence-corrected chi connectivity index (χ2v) is 5.52. The van der Waals surface area contributed by atoms with E-state index in [9.17, 15) is 57.1 Å². The molecule has 1 nitrogen and oxygen atoms in total. The minimum Gasteiger partial charge on any atom is -0.454 e. The average Bonchev–Trinajstić information content (AvgIpc) is 2.97. The number of fused-ring (bicyclic) bond motifs is 1. The molecule has 0 saturated heterocycles. The van der Waals surface area contributed by atoms with Crippen LogP contribution in [0.1, 0.15) is 5.76 Å². The van der Waals surface area contributed by atoms with Gasteiger partial charge in [0.1, 0.15) is 5.58 Å². The van der Waals surface area contributed by atoms with Gasteiger partial charge >= 0.3 is 35.8 Å². The van der Waals surface area contributed by atoms with Crippen molar-refractivity contribution >= 4 is 11.0 Å². The molecule has 2 aromatic rings. The monoisotopic (exact) mass is 436 g/mol. The van der Waals surface area contributed by atoms with E-state index < -0.39 is 47.1 Å². The van der Waals surface area contributed by atoms with E-state index in [0.717, 1.165) is 24.3 Å². The van der Waals surface area contributed by atoms with E-state index in [-0.39, 0.29) is 11.5 Å². The molecule has 14 heteroatoms. The molecule has 0 amide bonds. The van der Waals surface area contributed by atoms with Crippen LogP contribution in [0, 0.1) is 0 Å². The molecular weight excluding hydrogens is 431 g/mol. The van der Waals surface area contributed by atoms with E-state index in [1.807, 2.05) is 0 Å². The Labute approximate surface area is 145 Å².